The van der Waals surface area contributed by atoms with Gasteiger partial charge in [-0.15, -0.1) is 0 Å². The molecule has 278 valence electrons. The molecule has 0 aliphatic carbocycles. The van der Waals surface area contributed by atoms with Crippen molar-refractivity contribution in [2.45, 2.75) is 0 Å². The Kier molecular flexibility index (Phi) is 6.31. The second-order valence-corrected chi connectivity index (χ2v) is 16.0. The van der Waals surface area contributed by atoms with Gasteiger partial charge in [-0.1, -0.05) is 121 Å². The molecule has 0 unspecified atom stereocenters. The van der Waals surface area contributed by atoms with Crippen molar-refractivity contribution in [1.82, 2.24) is 13.7 Å². The molecule has 3 aromatic heterocycles. The van der Waals surface area contributed by atoms with Gasteiger partial charge in [-0.25, -0.2) is 0 Å². The topological polar surface area (TPSA) is 33.2 Å². The fourth-order valence-electron chi connectivity index (χ4n) is 10.5. The van der Waals surface area contributed by atoms with Gasteiger partial charge in [0.25, 0.3) is 6.71 Å². The fraction of sp³-hybridized carbons (Fsp3) is 0. The third kappa shape index (κ3) is 4.26. The summed E-state index contributed by atoms with van der Waals surface area (Å²) in [5.41, 5.74) is 13.3. The summed E-state index contributed by atoms with van der Waals surface area (Å²) < 4.78 is 21.3. The summed E-state index contributed by atoms with van der Waals surface area (Å²) in [6.45, 7) is -0.103. The average molecular weight is 766 g/mol. The Morgan fingerprint density at radius 1 is 0.283 bits per heavy atom. The van der Waals surface area contributed by atoms with Crippen LogP contribution in [0.4, 0.5) is 0 Å². The number of fused-ring (bicyclic) bond motifs is 13. The number of rotatable bonds is 3. The van der Waals surface area contributed by atoms with Gasteiger partial charge in [0.1, 0.15) is 23.0 Å². The van der Waals surface area contributed by atoms with Crippen molar-refractivity contribution >= 4 is 88.5 Å². The maximum Gasteiger partial charge on any atom is 0.260 e. The van der Waals surface area contributed by atoms with Crippen LogP contribution in [0.2, 0.25) is 0 Å². The molecule has 0 amide bonds. The van der Waals surface area contributed by atoms with Gasteiger partial charge in [0, 0.05) is 73.4 Å². The lowest BCUT2D eigenvalue weighted by molar-refractivity contribution is 0.464. The predicted octanol–water partition coefficient (Wildman–Crippen LogP) is 11.7. The van der Waals surface area contributed by atoms with Crippen LogP contribution in [0.3, 0.4) is 0 Å². The summed E-state index contributed by atoms with van der Waals surface area (Å²) >= 11 is 0. The number of benzene rings is 9. The number of aromatic nitrogens is 3. The van der Waals surface area contributed by atoms with Crippen LogP contribution in [0.25, 0.3) is 82.5 Å². The largest absolute Gasteiger partial charge is 0.458 e. The van der Waals surface area contributed by atoms with E-state index in [0.29, 0.717) is 0 Å². The first-order chi connectivity index (χ1) is 29.8. The summed E-state index contributed by atoms with van der Waals surface area (Å²) in [7, 11) is 0. The maximum absolute atomic E-state index is 7.13. The Bertz CT molecular complexity index is 3470. The second-order valence-electron chi connectivity index (χ2n) is 16.0. The molecule has 0 N–H and O–H groups in total. The summed E-state index contributed by atoms with van der Waals surface area (Å²) in [6, 6.07) is 69.8. The maximum atomic E-state index is 7.13. The smallest absolute Gasteiger partial charge is 0.260 e. The van der Waals surface area contributed by atoms with Crippen LogP contribution in [-0.2, 0) is 0 Å². The Morgan fingerprint density at radius 3 is 0.900 bits per heavy atom. The van der Waals surface area contributed by atoms with E-state index in [1.807, 2.05) is 0 Å². The van der Waals surface area contributed by atoms with E-state index in [2.05, 4.69) is 208 Å². The summed E-state index contributed by atoms with van der Waals surface area (Å²) in [5, 5.41) is 7.35. The van der Waals surface area contributed by atoms with Crippen molar-refractivity contribution in [3.8, 4) is 40.1 Å². The molecule has 0 saturated heterocycles. The van der Waals surface area contributed by atoms with E-state index in [9.17, 15) is 0 Å². The molecule has 0 fully saturated rings. The highest BCUT2D eigenvalue weighted by Crippen LogP contribution is 2.42. The molecule has 0 atom stereocenters. The SMILES string of the molecule is c1ccc2c(c1)c1ccccc1n2-c1ccc2c(c1)Oc1cc(-n3c4ccccc4c4ccccc43)cc3c1B2c1ccc(-n2c4ccccc4c4ccccc42)cc1O3. The van der Waals surface area contributed by atoms with Crippen LogP contribution in [0.5, 0.6) is 23.0 Å². The standard InChI is InChI=1S/C54H32BN3O2/c1-7-19-44-36(13-1)37-14-2-8-20-45(37)56(44)33-25-27-42-50(29-33)59-52-31-35(58-48-23-11-5-17-40(48)41-18-6-12-24-49(41)58)32-53-54(52)55(42)43-28-26-34(30-51(43)60-53)57-46-21-9-3-15-38(46)39-16-4-10-22-47(39)57/h1-32H. The van der Waals surface area contributed by atoms with Gasteiger partial charge < -0.3 is 23.2 Å². The molecule has 0 spiro atoms. The molecular weight excluding hydrogens is 733 g/mol. The number of para-hydroxylation sites is 6. The summed E-state index contributed by atoms with van der Waals surface area (Å²) in [5.74, 6) is 3.30. The van der Waals surface area contributed by atoms with E-state index in [-0.39, 0.29) is 6.71 Å². The highest BCUT2D eigenvalue weighted by Gasteiger charge is 2.41. The number of nitrogens with zero attached hydrogens (tertiary/aromatic N) is 3. The lowest BCUT2D eigenvalue weighted by Gasteiger charge is -2.34. The first-order valence-corrected chi connectivity index (χ1v) is 20.5. The minimum atomic E-state index is -0.103. The number of hydrogen-bond acceptors (Lipinski definition) is 2. The molecule has 6 heteroatoms. The molecule has 9 aromatic carbocycles. The third-order valence-corrected chi connectivity index (χ3v) is 12.9. The van der Waals surface area contributed by atoms with Crippen molar-refractivity contribution in [1.29, 1.82) is 0 Å². The van der Waals surface area contributed by atoms with Gasteiger partial charge in [-0.05, 0) is 59.5 Å². The van der Waals surface area contributed by atoms with Crippen LogP contribution in [0, 0.1) is 0 Å². The molecule has 5 nitrogen and oxygen atoms in total. The Labute approximate surface area is 344 Å². The molecule has 12 aromatic rings. The molecule has 5 heterocycles. The van der Waals surface area contributed by atoms with E-state index in [4.69, 9.17) is 9.47 Å². The fourth-order valence-corrected chi connectivity index (χ4v) is 10.5. The van der Waals surface area contributed by atoms with Gasteiger partial charge in [0.2, 0.25) is 0 Å². The molecule has 2 aliphatic heterocycles. The first kappa shape index (κ1) is 32.1. The van der Waals surface area contributed by atoms with Crippen LogP contribution >= 0.6 is 0 Å². The number of ether oxygens (including phenoxy) is 2. The van der Waals surface area contributed by atoms with Gasteiger partial charge in [-0.2, -0.15) is 0 Å². The quantitative estimate of drug-likeness (QED) is 0.168. The van der Waals surface area contributed by atoms with Gasteiger partial charge >= 0.3 is 0 Å². The third-order valence-electron chi connectivity index (χ3n) is 12.9. The molecule has 2 aliphatic rings. The lowest BCUT2D eigenvalue weighted by Crippen LogP contribution is -2.57. The minimum absolute atomic E-state index is 0.103. The van der Waals surface area contributed by atoms with Crippen molar-refractivity contribution in [3.63, 3.8) is 0 Å². The van der Waals surface area contributed by atoms with Crippen LogP contribution in [-0.4, -0.2) is 20.4 Å². The van der Waals surface area contributed by atoms with E-state index in [1.165, 1.54) is 54.4 Å². The van der Waals surface area contributed by atoms with Gasteiger partial charge in [0.05, 0.1) is 38.8 Å². The zero-order valence-corrected chi connectivity index (χ0v) is 32.2. The van der Waals surface area contributed by atoms with Crippen molar-refractivity contribution < 1.29 is 9.47 Å². The second kappa shape index (κ2) is 11.8. The van der Waals surface area contributed by atoms with E-state index in [1.54, 1.807) is 0 Å². The zero-order chi connectivity index (χ0) is 39.1. The van der Waals surface area contributed by atoms with Crippen LogP contribution in [0.1, 0.15) is 0 Å². The summed E-state index contributed by atoms with van der Waals surface area (Å²) in [4.78, 5) is 0. The Hall–Kier alpha value is -7.96. The van der Waals surface area contributed by atoms with Crippen molar-refractivity contribution in [3.05, 3.63) is 194 Å². The average Bonchev–Trinajstić information content (AvgIpc) is 3.94. The van der Waals surface area contributed by atoms with Crippen molar-refractivity contribution in [2.75, 3.05) is 0 Å². The first-order valence-electron chi connectivity index (χ1n) is 20.5. The van der Waals surface area contributed by atoms with E-state index >= 15 is 0 Å². The van der Waals surface area contributed by atoms with Crippen LogP contribution < -0.4 is 25.9 Å². The van der Waals surface area contributed by atoms with Crippen molar-refractivity contribution in [2.24, 2.45) is 0 Å². The monoisotopic (exact) mass is 765 g/mol. The number of hydrogen-bond donors (Lipinski definition) is 0. The normalized spacial score (nSPS) is 12.9. The van der Waals surface area contributed by atoms with Gasteiger partial charge in [-0.3, -0.25) is 0 Å². The Balaban J connectivity index is 1.02. The van der Waals surface area contributed by atoms with Crippen LogP contribution in [0.15, 0.2) is 194 Å². The molecular formula is C54H32BN3O2. The predicted molar refractivity (Wildman–Crippen MR) is 247 cm³/mol. The van der Waals surface area contributed by atoms with E-state index in [0.717, 1.165) is 67.5 Å². The molecule has 60 heavy (non-hydrogen) atoms. The molecule has 0 bridgehead atoms. The zero-order valence-electron chi connectivity index (χ0n) is 32.2. The minimum Gasteiger partial charge on any atom is -0.458 e. The van der Waals surface area contributed by atoms with E-state index < -0.39 is 0 Å². The summed E-state index contributed by atoms with van der Waals surface area (Å²) in [6.07, 6.45) is 0. The molecule has 0 radical (unpaired) electrons. The highest BCUT2D eigenvalue weighted by molar-refractivity contribution is 6.98. The molecule has 14 rings (SSSR count). The lowest BCUT2D eigenvalue weighted by atomic mass is 9.35. The Morgan fingerprint density at radius 2 is 0.567 bits per heavy atom. The molecule has 0 saturated carbocycles. The van der Waals surface area contributed by atoms with Gasteiger partial charge in [0.15, 0.2) is 0 Å². The highest BCUT2D eigenvalue weighted by atomic mass is 16.5.